The minimum atomic E-state index is 0.284. The third-order valence-corrected chi connectivity index (χ3v) is 5.35. The third-order valence-electron chi connectivity index (χ3n) is 5.35. The maximum Gasteiger partial charge on any atom is 0.191 e. The monoisotopic (exact) mass is 325 g/mol. The zero-order chi connectivity index (χ0) is 16.5. The highest BCUT2D eigenvalue weighted by Gasteiger charge is 2.39. The Labute approximate surface area is 141 Å². The van der Waals surface area contributed by atoms with Gasteiger partial charge in [0, 0.05) is 32.8 Å². The van der Waals surface area contributed by atoms with Gasteiger partial charge in [-0.3, -0.25) is 9.89 Å². The molecular weight excluding hydrogens is 290 g/mol. The van der Waals surface area contributed by atoms with Crippen LogP contribution >= 0.6 is 0 Å². The molecular formula is C17H35N5O. The number of ether oxygens (including phenoxy) is 1. The Bertz CT molecular complexity index is 360. The van der Waals surface area contributed by atoms with Gasteiger partial charge in [0.1, 0.15) is 0 Å². The van der Waals surface area contributed by atoms with Gasteiger partial charge in [-0.2, -0.15) is 0 Å². The van der Waals surface area contributed by atoms with Crippen molar-refractivity contribution in [3.8, 4) is 0 Å². The second kappa shape index (κ2) is 9.45. The number of rotatable bonds is 6. The van der Waals surface area contributed by atoms with Gasteiger partial charge in [0.05, 0.1) is 6.61 Å². The molecule has 2 aliphatic heterocycles. The Morgan fingerprint density at radius 1 is 1.09 bits per heavy atom. The number of nitrogens with one attached hydrogen (secondary N) is 2. The molecule has 6 heteroatoms. The van der Waals surface area contributed by atoms with Crippen molar-refractivity contribution in [1.29, 1.82) is 0 Å². The molecule has 0 atom stereocenters. The van der Waals surface area contributed by atoms with Crippen LogP contribution in [-0.4, -0.2) is 88.4 Å². The van der Waals surface area contributed by atoms with E-state index in [0.717, 1.165) is 19.0 Å². The molecule has 2 saturated heterocycles. The molecule has 0 spiro atoms. The lowest BCUT2D eigenvalue weighted by Gasteiger charge is -2.50. The van der Waals surface area contributed by atoms with Crippen LogP contribution in [0.3, 0.4) is 0 Å². The minimum Gasteiger partial charge on any atom is -0.383 e. The van der Waals surface area contributed by atoms with E-state index in [1.165, 1.54) is 58.3 Å². The molecule has 23 heavy (non-hydrogen) atoms. The molecule has 2 fully saturated rings. The number of likely N-dealkylation sites (tertiary alicyclic amines) is 2. The Balaban J connectivity index is 1.94. The van der Waals surface area contributed by atoms with Crippen LogP contribution in [0, 0.1) is 0 Å². The fourth-order valence-corrected chi connectivity index (χ4v) is 3.75. The second-order valence-corrected chi connectivity index (χ2v) is 6.92. The van der Waals surface area contributed by atoms with Gasteiger partial charge in [-0.05, 0) is 58.9 Å². The van der Waals surface area contributed by atoms with Crippen LogP contribution in [0.15, 0.2) is 4.99 Å². The number of methoxy groups -OCH3 is 1. The number of piperidine rings is 2. The van der Waals surface area contributed by atoms with Gasteiger partial charge >= 0.3 is 0 Å². The first kappa shape index (κ1) is 18.5. The van der Waals surface area contributed by atoms with Gasteiger partial charge in [0.25, 0.3) is 0 Å². The van der Waals surface area contributed by atoms with Crippen LogP contribution in [0.2, 0.25) is 0 Å². The van der Waals surface area contributed by atoms with Crippen molar-refractivity contribution in [2.75, 3.05) is 67.1 Å². The zero-order valence-corrected chi connectivity index (χ0v) is 15.2. The fourth-order valence-electron chi connectivity index (χ4n) is 3.75. The van der Waals surface area contributed by atoms with Gasteiger partial charge in [0.2, 0.25) is 0 Å². The summed E-state index contributed by atoms with van der Waals surface area (Å²) in [5, 5.41) is 6.90. The predicted molar refractivity (Wildman–Crippen MR) is 96.1 cm³/mol. The van der Waals surface area contributed by atoms with E-state index in [1.807, 2.05) is 7.05 Å². The van der Waals surface area contributed by atoms with Crippen LogP contribution < -0.4 is 10.6 Å². The molecule has 0 bridgehead atoms. The van der Waals surface area contributed by atoms with Gasteiger partial charge in [-0.15, -0.1) is 0 Å². The molecule has 2 aliphatic rings. The van der Waals surface area contributed by atoms with Crippen molar-refractivity contribution in [2.45, 2.75) is 37.6 Å². The van der Waals surface area contributed by atoms with Crippen molar-refractivity contribution < 1.29 is 4.74 Å². The van der Waals surface area contributed by atoms with Crippen LogP contribution in [-0.2, 0) is 4.74 Å². The summed E-state index contributed by atoms with van der Waals surface area (Å²) in [6.07, 6.45) is 6.56. The van der Waals surface area contributed by atoms with Crippen LogP contribution in [0.5, 0.6) is 0 Å². The van der Waals surface area contributed by atoms with E-state index in [4.69, 9.17) is 4.74 Å². The normalized spacial score (nSPS) is 23.7. The van der Waals surface area contributed by atoms with Crippen LogP contribution in [0.4, 0.5) is 0 Å². The van der Waals surface area contributed by atoms with Crippen molar-refractivity contribution >= 4 is 5.96 Å². The predicted octanol–water partition coefficient (Wildman–Crippen LogP) is 0.748. The summed E-state index contributed by atoms with van der Waals surface area (Å²) in [4.78, 5) is 9.55. The topological polar surface area (TPSA) is 52.1 Å². The highest BCUT2D eigenvalue weighted by atomic mass is 16.5. The molecule has 2 N–H and O–H groups in total. The molecule has 0 saturated carbocycles. The quantitative estimate of drug-likeness (QED) is 0.429. The van der Waals surface area contributed by atoms with Crippen molar-refractivity contribution in [1.82, 2.24) is 20.4 Å². The summed E-state index contributed by atoms with van der Waals surface area (Å²) >= 11 is 0. The van der Waals surface area contributed by atoms with E-state index in [2.05, 4.69) is 32.5 Å². The molecule has 0 aromatic rings. The summed E-state index contributed by atoms with van der Waals surface area (Å²) in [6, 6.07) is 0. The van der Waals surface area contributed by atoms with Crippen LogP contribution in [0.1, 0.15) is 32.1 Å². The average molecular weight is 326 g/mol. The lowest BCUT2D eigenvalue weighted by Crippen LogP contribution is -2.62. The number of hydrogen-bond acceptors (Lipinski definition) is 4. The highest BCUT2D eigenvalue weighted by Crippen LogP contribution is 2.30. The molecule has 0 aromatic heterocycles. The first-order valence-electron chi connectivity index (χ1n) is 9.07. The van der Waals surface area contributed by atoms with E-state index >= 15 is 0 Å². The lowest BCUT2D eigenvalue weighted by molar-refractivity contribution is 0.0173. The summed E-state index contributed by atoms with van der Waals surface area (Å²) < 4.78 is 5.10. The standard InChI is InChI=1S/C17H35N5O/c1-18-16(19-9-14-23-3)20-15-17(7-12-21(2)13-8-17)22-10-5-4-6-11-22/h4-15H2,1-3H3,(H2,18,19,20). The van der Waals surface area contributed by atoms with Crippen LogP contribution in [0.25, 0.3) is 0 Å². The number of nitrogens with zero attached hydrogens (tertiary/aromatic N) is 3. The second-order valence-electron chi connectivity index (χ2n) is 6.92. The van der Waals surface area contributed by atoms with Crippen molar-refractivity contribution in [3.63, 3.8) is 0 Å². The van der Waals surface area contributed by atoms with Gasteiger partial charge in [0.15, 0.2) is 5.96 Å². The molecule has 0 amide bonds. The summed E-state index contributed by atoms with van der Waals surface area (Å²) in [5.41, 5.74) is 0.284. The fraction of sp³-hybridized carbons (Fsp3) is 0.941. The molecule has 0 aliphatic carbocycles. The summed E-state index contributed by atoms with van der Waals surface area (Å²) in [7, 11) is 5.80. The Kier molecular flexibility index (Phi) is 7.59. The molecule has 6 nitrogen and oxygen atoms in total. The van der Waals surface area contributed by atoms with E-state index in [0.29, 0.717) is 6.61 Å². The van der Waals surface area contributed by atoms with E-state index < -0.39 is 0 Å². The molecule has 2 rings (SSSR count). The molecule has 0 radical (unpaired) electrons. The molecule has 0 aromatic carbocycles. The minimum absolute atomic E-state index is 0.284. The first-order valence-corrected chi connectivity index (χ1v) is 9.07. The Morgan fingerprint density at radius 2 is 1.78 bits per heavy atom. The SMILES string of the molecule is CN=C(NCCOC)NCC1(N2CCCCC2)CCN(C)CC1. The van der Waals surface area contributed by atoms with Crippen molar-refractivity contribution in [2.24, 2.45) is 4.99 Å². The third kappa shape index (κ3) is 5.33. The van der Waals surface area contributed by atoms with Crippen molar-refractivity contribution in [3.05, 3.63) is 0 Å². The van der Waals surface area contributed by atoms with Gasteiger partial charge in [-0.1, -0.05) is 6.42 Å². The van der Waals surface area contributed by atoms with E-state index in [1.54, 1.807) is 7.11 Å². The van der Waals surface area contributed by atoms with Gasteiger partial charge in [-0.25, -0.2) is 0 Å². The molecule has 0 unspecified atom stereocenters. The van der Waals surface area contributed by atoms with Gasteiger partial charge < -0.3 is 20.3 Å². The number of hydrogen-bond donors (Lipinski definition) is 2. The lowest BCUT2D eigenvalue weighted by atomic mass is 9.84. The molecule has 2 heterocycles. The van der Waals surface area contributed by atoms with E-state index in [-0.39, 0.29) is 5.54 Å². The highest BCUT2D eigenvalue weighted by molar-refractivity contribution is 5.79. The summed E-state index contributed by atoms with van der Waals surface area (Å²) in [5.74, 6) is 0.886. The zero-order valence-electron chi connectivity index (χ0n) is 15.2. The Hall–Kier alpha value is -0.850. The maximum absolute atomic E-state index is 5.10. The smallest absolute Gasteiger partial charge is 0.191 e. The maximum atomic E-state index is 5.10. The average Bonchev–Trinajstić information content (AvgIpc) is 2.60. The number of guanidine groups is 1. The Morgan fingerprint density at radius 3 is 2.39 bits per heavy atom. The molecule has 134 valence electrons. The summed E-state index contributed by atoms with van der Waals surface area (Å²) in [6.45, 7) is 7.34. The number of aliphatic imine (C=N–C) groups is 1. The first-order chi connectivity index (χ1) is 11.2. The van der Waals surface area contributed by atoms with E-state index in [9.17, 15) is 0 Å². The largest absolute Gasteiger partial charge is 0.383 e.